The van der Waals surface area contributed by atoms with Crippen molar-refractivity contribution in [1.82, 2.24) is 16.0 Å². The average molecular weight is 359 g/mol. The fraction of sp³-hybridized carbons (Fsp3) is 0.875. The summed E-state index contributed by atoms with van der Waals surface area (Å²) in [5.41, 5.74) is 0. The Balaban J connectivity index is 1.74. The molecule has 0 heterocycles. The number of sulfone groups is 1. The summed E-state index contributed by atoms with van der Waals surface area (Å²) in [5, 5.41) is 7.66. The van der Waals surface area contributed by atoms with E-state index in [4.69, 9.17) is 0 Å². The third kappa shape index (κ3) is 5.96. The van der Waals surface area contributed by atoms with Gasteiger partial charge in [-0.05, 0) is 25.7 Å². The molecule has 2 aliphatic rings. The molecule has 0 spiro atoms. The molecule has 2 rings (SSSR count). The summed E-state index contributed by atoms with van der Waals surface area (Å²) in [6, 6.07) is -0.645. The topological polar surface area (TPSA) is 104 Å². The minimum atomic E-state index is -3.19. The number of amides is 3. The largest absolute Gasteiger partial charge is 0.352 e. The molecule has 8 heteroatoms. The van der Waals surface area contributed by atoms with E-state index < -0.39 is 21.1 Å². The van der Waals surface area contributed by atoms with Crippen molar-refractivity contribution < 1.29 is 18.0 Å². The van der Waals surface area contributed by atoms with E-state index >= 15 is 0 Å². The van der Waals surface area contributed by atoms with Gasteiger partial charge >= 0.3 is 6.03 Å². The molecule has 2 atom stereocenters. The van der Waals surface area contributed by atoms with Crippen molar-refractivity contribution in [3.8, 4) is 0 Å². The van der Waals surface area contributed by atoms with E-state index in [1.165, 1.54) is 12.7 Å². The van der Waals surface area contributed by atoms with Crippen molar-refractivity contribution in [3.63, 3.8) is 0 Å². The summed E-state index contributed by atoms with van der Waals surface area (Å²) in [6.07, 6.45) is 9.68. The summed E-state index contributed by atoms with van der Waals surface area (Å²) in [6.45, 7) is -0.0847. The van der Waals surface area contributed by atoms with Gasteiger partial charge in [0.2, 0.25) is 5.91 Å². The van der Waals surface area contributed by atoms with Crippen molar-refractivity contribution in [2.75, 3.05) is 12.8 Å². The summed E-state index contributed by atoms with van der Waals surface area (Å²) >= 11 is 0. The number of nitrogens with one attached hydrogen (secondary N) is 3. The zero-order valence-corrected chi connectivity index (χ0v) is 15.2. The summed E-state index contributed by atoms with van der Waals surface area (Å²) < 4.78 is 23.7. The molecule has 138 valence electrons. The second kappa shape index (κ2) is 8.69. The number of hydrogen-bond acceptors (Lipinski definition) is 4. The first kappa shape index (κ1) is 19.0. The van der Waals surface area contributed by atoms with Crippen LogP contribution in [0.2, 0.25) is 0 Å². The van der Waals surface area contributed by atoms with Crippen LogP contribution < -0.4 is 16.0 Å². The lowest BCUT2D eigenvalue weighted by Gasteiger charge is -2.30. The van der Waals surface area contributed by atoms with Gasteiger partial charge in [-0.15, -0.1) is 0 Å². The minimum absolute atomic E-state index is 0.0847. The normalized spacial score (nSPS) is 25.7. The van der Waals surface area contributed by atoms with Crippen LogP contribution in [-0.4, -0.2) is 50.5 Å². The lowest BCUT2D eigenvalue weighted by Crippen LogP contribution is -2.53. The molecule has 24 heavy (non-hydrogen) atoms. The maximum atomic E-state index is 12.0. The van der Waals surface area contributed by atoms with Crippen molar-refractivity contribution in [2.24, 2.45) is 0 Å². The van der Waals surface area contributed by atoms with Gasteiger partial charge in [0, 0.05) is 18.3 Å². The van der Waals surface area contributed by atoms with E-state index in [-0.39, 0.29) is 24.5 Å². The monoisotopic (exact) mass is 359 g/mol. The Morgan fingerprint density at radius 2 is 1.54 bits per heavy atom. The molecule has 3 N–H and O–H groups in total. The third-order valence-electron chi connectivity index (χ3n) is 4.95. The molecule has 2 saturated carbocycles. The standard InChI is InChI=1S/C16H29N3O4S/c1-24(22,23)14-10-6-5-9-13(14)19-16(21)17-11-15(20)18-12-7-3-2-4-8-12/h12-14H,2-11H2,1H3,(H,18,20)(H2,17,19,21)/t13-,14-/m1/s1. The molecule has 0 aromatic carbocycles. The van der Waals surface area contributed by atoms with Crippen LogP contribution in [0.25, 0.3) is 0 Å². The molecule has 0 radical (unpaired) electrons. The fourth-order valence-corrected chi connectivity index (χ4v) is 5.08. The first-order valence-electron chi connectivity index (χ1n) is 8.89. The van der Waals surface area contributed by atoms with Crippen molar-refractivity contribution in [1.29, 1.82) is 0 Å². The summed E-state index contributed by atoms with van der Waals surface area (Å²) in [4.78, 5) is 23.9. The summed E-state index contributed by atoms with van der Waals surface area (Å²) in [7, 11) is -3.19. The number of hydrogen-bond donors (Lipinski definition) is 3. The highest BCUT2D eigenvalue weighted by molar-refractivity contribution is 7.91. The molecule has 2 fully saturated rings. The highest BCUT2D eigenvalue weighted by Crippen LogP contribution is 2.24. The predicted molar refractivity (Wildman–Crippen MR) is 92.4 cm³/mol. The Morgan fingerprint density at radius 3 is 2.21 bits per heavy atom. The van der Waals surface area contributed by atoms with Gasteiger partial charge in [-0.3, -0.25) is 4.79 Å². The second-order valence-electron chi connectivity index (χ2n) is 6.99. The zero-order chi connectivity index (χ0) is 17.6. The third-order valence-corrected chi connectivity index (χ3v) is 6.61. The first-order valence-corrected chi connectivity index (χ1v) is 10.8. The first-order chi connectivity index (χ1) is 11.4. The molecule has 7 nitrogen and oxygen atoms in total. The SMILES string of the molecule is CS(=O)(=O)[C@@H]1CCCC[C@H]1NC(=O)NCC(=O)NC1CCCCC1. The van der Waals surface area contributed by atoms with Crippen LogP contribution in [0.1, 0.15) is 57.8 Å². The molecule has 3 amide bonds. The van der Waals surface area contributed by atoms with Crippen LogP contribution in [0, 0.1) is 0 Å². The Bertz CT molecular complexity index is 544. The smallest absolute Gasteiger partial charge is 0.315 e. The van der Waals surface area contributed by atoms with Crippen LogP contribution in [0.15, 0.2) is 0 Å². The molecule has 0 aromatic rings. The minimum Gasteiger partial charge on any atom is -0.352 e. The summed E-state index contributed by atoms with van der Waals surface area (Å²) in [5.74, 6) is -0.194. The van der Waals surface area contributed by atoms with Crippen LogP contribution in [0.5, 0.6) is 0 Å². The lowest BCUT2D eigenvalue weighted by molar-refractivity contribution is -0.121. The molecule has 0 unspecified atom stereocenters. The van der Waals surface area contributed by atoms with E-state index in [1.54, 1.807) is 0 Å². The maximum absolute atomic E-state index is 12.0. The van der Waals surface area contributed by atoms with Gasteiger partial charge in [0.1, 0.15) is 0 Å². The lowest BCUT2D eigenvalue weighted by atomic mass is 9.95. The van der Waals surface area contributed by atoms with Gasteiger partial charge in [-0.2, -0.15) is 0 Å². The number of carbonyl (C=O) groups excluding carboxylic acids is 2. The van der Waals surface area contributed by atoms with Crippen molar-refractivity contribution in [3.05, 3.63) is 0 Å². The Labute approximate surface area is 144 Å². The van der Waals surface area contributed by atoms with Crippen LogP contribution in [0.4, 0.5) is 4.79 Å². The number of carbonyl (C=O) groups is 2. The van der Waals surface area contributed by atoms with Gasteiger partial charge in [-0.25, -0.2) is 13.2 Å². The van der Waals surface area contributed by atoms with Crippen molar-refractivity contribution >= 4 is 21.8 Å². The molecule has 2 aliphatic carbocycles. The molecular formula is C16H29N3O4S. The fourth-order valence-electron chi connectivity index (χ4n) is 3.68. The van der Waals surface area contributed by atoms with Gasteiger partial charge in [-0.1, -0.05) is 32.1 Å². The second-order valence-corrected chi connectivity index (χ2v) is 9.25. The Morgan fingerprint density at radius 1 is 0.917 bits per heavy atom. The maximum Gasteiger partial charge on any atom is 0.315 e. The number of rotatable bonds is 5. The molecule has 0 bridgehead atoms. The van der Waals surface area contributed by atoms with E-state index in [9.17, 15) is 18.0 Å². The van der Waals surface area contributed by atoms with Crippen LogP contribution in [-0.2, 0) is 14.6 Å². The molecule has 0 aliphatic heterocycles. The average Bonchev–Trinajstić information content (AvgIpc) is 2.53. The van der Waals surface area contributed by atoms with Gasteiger partial charge < -0.3 is 16.0 Å². The van der Waals surface area contributed by atoms with E-state index in [0.717, 1.165) is 38.5 Å². The molecular weight excluding hydrogens is 330 g/mol. The Kier molecular flexibility index (Phi) is 6.89. The van der Waals surface area contributed by atoms with Crippen molar-refractivity contribution in [2.45, 2.75) is 75.1 Å². The molecule has 0 saturated heterocycles. The van der Waals surface area contributed by atoms with E-state index in [2.05, 4.69) is 16.0 Å². The molecule has 0 aromatic heterocycles. The number of urea groups is 1. The quantitative estimate of drug-likeness (QED) is 0.683. The van der Waals surface area contributed by atoms with Crippen LogP contribution in [0.3, 0.4) is 0 Å². The highest BCUT2D eigenvalue weighted by Gasteiger charge is 2.33. The van der Waals surface area contributed by atoms with Crippen LogP contribution >= 0.6 is 0 Å². The Hall–Kier alpha value is -1.31. The van der Waals surface area contributed by atoms with Gasteiger partial charge in [0.05, 0.1) is 11.8 Å². The highest BCUT2D eigenvalue weighted by atomic mass is 32.2. The van der Waals surface area contributed by atoms with Gasteiger partial charge in [0.25, 0.3) is 0 Å². The van der Waals surface area contributed by atoms with Gasteiger partial charge in [0.15, 0.2) is 9.84 Å². The zero-order valence-electron chi connectivity index (χ0n) is 14.3. The van der Waals surface area contributed by atoms with E-state index in [1.807, 2.05) is 0 Å². The van der Waals surface area contributed by atoms with E-state index in [0.29, 0.717) is 12.8 Å². The predicted octanol–water partition coefficient (Wildman–Crippen LogP) is 1.09.